The van der Waals surface area contributed by atoms with Crippen molar-refractivity contribution in [2.24, 2.45) is 0 Å². The zero-order chi connectivity index (χ0) is 20.7. The Hall–Kier alpha value is -2.93. The van der Waals surface area contributed by atoms with E-state index in [4.69, 9.17) is 16.3 Å². The number of hydrogen-bond donors (Lipinski definition) is 2. The van der Waals surface area contributed by atoms with Crippen LogP contribution < -0.4 is 10.6 Å². The highest BCUT2D eigenvalue weighted by Crippen LogP contribution is 2.23. The predicted molar refractivity (Wildman–Crippen MR) is 103 cm³/mol. The third-order valence-electron chi connectivity index (χ3n) is 3.82. The van der Waals surface area contributed by atoms with E-state index in [0.717, 1.165) is 17.7 Å². The molecular weight excluding hydrogens is 387 g/mol. The minimum atomic E-state index is -1.11. The summed E-state index contributed by atoms with van der Waals surface area (Å²) in [6.45, 7) is 2.75. The summed E-state index contributed by atoms with van der Waals surface area (Å²) in [6, 6.07) is 11.9. The fourth-order valence-corrected chi connectivity index (χ4v) is 2.69. The first-order valence-corrected chi connectivity index (χ1v) is 8.91. The molecule has 0 fully saturated rings. The number of rotatable bonds is 7. The highest BCUT2D eigenvalue weighted by Gasteiger charge is 2.23. The van der Waals surface area contributed by atoms with Gasteiger partial charge in [0.25, 0.3) is 5.91 Å². The number of benzene rings is 2. The summed E-state index contributed by atoms with van der Waals surface area (Å²) in [4.78, 5) is 35.9. The third kappa shape index (κ3) is 6.35. The summed E-state index contributed by atoms with van der Waals surface area (Å²) in [6.07, 6.45) is -1.25. The molecule has 0 saturated heterocycles. The molecule has 6 nitrogen and oxygen atoms in total. The molecule has 2 N–H and O–H groups in total. The largest absolute Gasteiger partial charge is 0.452 e. The van der Waals surface area contributed by atoms with Gasteiger partial charge in [0.2, 0.25) is 5.91 Å². The number of halogens is 2. The third-order valence-corrected chi connectivity index (χ3v) is 4.13. The molecule has 0 unspecified atom stereocenters. The average molecular weight is 407 g/mol. The van der Waals surface area contributed by atoms with Crippen molar-refractivity contribution < 1.29 is 23.5 Å². The molecule has 2 rings (SSSR count). The Labute approximate surface area is 167 Å². The monoisotopic (exact) mass is 406 g/mol. The molecule has 0 bridgehead atoms. The van der Waals surface area contributed by atoms with Crippen LogP contribution in [0.2, 0.25) is 5.02 Å². The first-order chi connectivity index (χ1) is 13.3. The molecule has 0 heterocycles. The normalized spacial score (nSPS) is 12.6. The number of carbonyl (C=O) groups is 3. The minimum Gasteiger partial charge on any atom is -0.452 e. The molecule has 0 aliphatic carbocycles. The van der Waals surface area contributed by atoms with Crippen LogP contribution in [0, 0.1) is 5.82 Å². The molecular formula is C20H20ClFN2O4. The maximum absolute atomic E-state index is 13.1. The number of esters is 1. The molecule has 0 spiro atoms. The van der Waals surface area contributed by atoms with E-state index in [-0.39, 0.29) is 23.0 Å². The Morgan fingerprint density at radius 1 is 1.14 bits per heavy atom. The van der Waals surface area contributed by atoms with Crippen molar-refractivity contribution in [3.8, 4) is 0 Å². The van der Waals surface area contributed by atoms with Crippen LogP contribution in [0.15, 0.2) is 48.5 Å². The van der Waals surface area contributed by atoms with E-state index in [2.05, 4.69) is 10.6 Å². The summed E-state index contributed by atoms with van der Waals surface area (Å²) in [7, 11) is 0. The van der Waals surface area contributed by atoms with Gasteiger partial charge in [-0.2, -0.15) is 0 Å². The number of nitrogens with one attached hydrogen (secondary N) is 2. The second-order valence-electron chi connectivity index (χ2n) is 6.11. The van der Waals surface area contributed by atoms with Crippen molar-refractivity contribution in [3.05, 3.63) is 64.9 Å². The Balaban J connectivity index is 1.97. The van der Waals surface area contributed by atoms with Crippen LogP contribution in [0.4, 0.5) is 10.1 Å². The van der Waals surface area contributed by atoms with Gasteiger partial charge in [-0.1, -0.05) is 41.9 Å². The van der Waals surface area contributed by atoms with Gasteiger partial charge in [0.1, 0.15) is 5.82 Å². The number of anilines is 1. The molecule has 2 aromatic carbocycles. The van der Waals surface area contributed by atoms with Crippen LogP contribution in [-0.2, 0) is 19.1 Å². The summed E-state index contributed by atoms with van der Waals surface area (Å²) >= 11 is 5.87. The van der Waals surface area contributed by atoms with E-state index < -0.39 is 29.8 Å². The Kier molecular flexibility index (Phi) is 7.52. The Morgan fingerprint density at radius 2 is 1.82 bits per heavy atom. The maximum atomic E-state index is 13.1. The first kappa shape index (κ1) is 21.4. The first-order valence-electron chi connectivity index (χ1n) is 8.53. The van der Waals surface area contributed by atoms with E-state index in [1.807, 2.05) is 6.07 Å². The van der Waals surface area contributed by atoms with Crippen molar-refractivity contribution in [3.63, 3.8) is 0 Å². The smallest absolute Gasteiger partial charge is 0.309 e. The molecule has 0 aliphatic heterocycles. The van der Waals surface area contributed by atoms with Gasteiger partial charge in [-0.25, -0.2) is 4.39 Å². The lowest BCUT2D eigenvalue weighted by Crippen LogP contribution is -2.33. The average Bonchev–Trinajstić information content (AvgIpc) is 2.63. The topological polar surface area (TPSA) is 84.5 Å². The standard InChI is InChI=1S/C20H20ClFN2O4/c1-12(20(27)24-17-9-8-15(22)10-16(17)21)28-19(26)11-18(23-13(2)25)14-6-4-3-5-7-14/h3-10,12,18H,11H2,1-2H3,(H,23,25)(H,24,27)/t12-,18-/m0/s1. The molecule has 0 radical (unpaired) electrons. The molecule has 28 heavy (non-hydrogen) atoms. The molecule has 0 aliphatic rings. The summed E-state index contributed by atoms with van der Waals surface area (Å²) in [5.41, 5.74) is 0.946. The number of amides is 2. The number of hydrogen-bond acceptors (Lipinski definition) is 4. The van der Waals surface area contributed by atoms with E-state index in [0.29, 0.717) is 0 Å². The Morgan fingerprint density at radius 3 is 2.43 bits per heavy atom. The lowest BCUT2D eigenvalue weighted by atomic mass is 10.0. The SMILES string of the molecule is CC(=O)N[C@@H](CC(=O)O[C@@H](C)C(=O)Nc1ccc(F)cc1Cl)c1ccccc1. The van der Waals surface area contributed by atoms with Gasteiger partial charge in [0.05, 0.1) is 23.2 Å². The highest BCUT2D eigenvalue weighted by atomic mass is 35.5. The molecule has 0 aromatic heterocycles. The van der Waals surface area contributed by atoms with Gasteiger partial charge >= 0.3 is 5.97 Å². The number of ether oxygens (including phenoxy) is 1. The maximum Gasteiger partial charge on any atom is 0.309 e. The van der Waals surface area contributed by atoms with Gasteiger partial charge in [0, 0.05) is 6.92 Å². The lowest BCUT2D eigenvalue weighted by Gasteiger charge is -2.19. The van der Waals surface area contributed by atoms with Crippen LogP contribution in [-0.4, -0.2) is 23.9 Å². The van der Waals surface area contributed by atoms with Crippen molar-refractivity contribution in [2.45, 2.75) is 32.4 Å². The molecule has 2 atom stereocenters. The summed E-state index contributed by atoms with van der Waals surface area (Å²) < 4.78 is 18.2. The van der Waals surface area contributed by atoms with E-state index in [1.54, 1.807) is 24.3 Å². The zero-order valence-corrected chi connectivity index (χ0v) is 16.1. The molecule has 2 amide bonds. The van der Waals surface area contributed by atoms with Crippen LogP contribution >= 0.6 is 11.6 Å². The van der Waals surface area contributed by atoms with Gasteiger partial charge < -0.3 is 15.4 Å². The van der Waals surface area contributed by atoms with Crippen molar-refractivity contribution >= 4 is 35.1 Å². The molecule has 0 saturated carbocycles. The highest BCUT2D eigenvalue weighted by molar-refractivity contribution is 6.33. The second-order valence-corrected chi connectivity index (χ2v) is 6.52. The minimum absolute atomic E-state index is 0.0293. The molecule has 2 aromatic rings. The van der Waals surface area contributed by atoms with Crippen molar-refractivity contribution in [1.29, 1.82) is 0 Å². The quantitative estimate of drug-likeness (QED) is 0.688. The lowest BCUT2D eigenvalue weighted by molar-refractivity contribution is -0.153. The van der Waals surface area contributed by atoms with Gasteiger partial charge in [-0.15, -0.1) is 0 Å². The van der Waals surface area contributed by atoms with Gasteiger partial charge in [-0.05, 0) is 30.7 Å². The van der Waals surface area contributed by atoms with Crippen LogP contribution in [0.1, 0.15) is 31.9 Å². The fourth-order valence-electron chi connectivity index (χ4n) is 2.47. The zero-order valence-electron chi connectivity index (χ0n) is 15.4. The summed E-state index contributed by atoms with van der Waals surface area (Å²) in [5, 5.41) is 5.19. The Bertz CT molecular complexity index is 861. The van der Waals surface area contributed by atoms with E-state index >= 15 is 0 Å². The van der Waals surface area contributed by atoms with E-state index in [9.17, 15) is 18.8 Å². The molecule has 148 valence electrons. The van der Waals surface area contributed by atoms with Crippen LogP contribution in [0.5, 0.6) is 0 Å². The van der Waals surface area contributed by atoms with E-state index in [1.165, 1.54) is 19.9 Å². The van der Waals surface area contributed by atoms with Crippen molar-refractivity contribution in [1.82, 2.24) is 5.32 Å². The second kappa shape index (κ2) is 9.85. The van der Waals surface area contributed by atoms with Crippen molar-refractivity contribution in [2.75, 3.05) is 5.32 Å². The molecule has 8 heteroatoms. The van der Waals surface area contributed by atoms with Gasteiger partial charge in [-0.3, -0.25) is 14.4 Å². The van der Waals surface area contributed by atoms with Gasteiger partial charge in [0.15, 0.2) is 6.10 Å². The van der Waals surface area contributed by atoms with Crippen LogP contribution in [0.3, 0.4) is 0 Å². The predicted octanol–water partition coefficient (Wildman–Crippen LogP) is 3.62. The number of carbonyl (C=O) groups excluding carboxylic acids is 3. The fraction of sp³-hybridized carbons (Fsp3) is 0.250. The van der Waals surface area contributed by atoms with Crippen LogP contribution in [0.25, 0.3) is 0 Å². The summed E-state index contributed by atoms with van der Waals surface area (Å²) in [5.74, 6) is -2.10.